The van der Waals surface area contributed by atoms with E-state index in [1.54, 1.807) is 30.3 Å². The Morgan fingerprint density at radius 1 is 1.19 bits per heavy atom. The summed E-state index contributed by atoms with van der Waals surface area (Å²) in [6.45, 7) is -2.62. The van der Waals surface area contributed by atoms with Gasteiger partial charge in [-0.15, -0.1) is 0 Å². The first kappa shape index (κ1) is 15.1. The number of hydrogen-bond donors (Lipinski definition) is 1. The molecule has 0 aromatic heterocycles. The number of alkyl halides is 2. The molecule has 0 saturated carbocycles. The van der Waals surface area contributed by atoms with Crippen LogP contribution in [0, 0.1) is 11.3 Å². The Kier molecular flexibility index (Phi) is 4.96. The van der Waals surface area contributed by atoms with Gasteiger partial charge in [0.15, 0.2) is 0 Å². The second-order valence-corrected chi connectivity index (χ2v) is 4.61. The minimum atomic E-state index is -2.89. The SMILES string of the molecule is N#Cc1ccc(NCc2cc(Cl)ccc2OC(F)F)cc1. The normalized spacial score (nSPS) is 10.2. The highest BCUT2D eigenvalue weighted by atomic mass is 35.5. The van der Waals surface area contributed by atoms with Gasteiger partial charge in [-0.25, -0.2) is 0 Å². The van der Waals surface area contributed by atoms with Crippen molar-refractivity contribution >= 4 is 17.3 Å². The van der Waals surface area contributed by atoms with Crippen molar-refractivity contribution in [2.24, 2.45) is 0 Å². The monoisotopic (exact) mass is 308 g/mol. The summed E-state index contributed by atoms with van der Waals surface area (Å²) in [5, 5.41) is 12.2. The first-order chi connectivity index (χ1) is 10.1. The predicted molar refractivity (Wildman–Crippen MR) is 76.6 cm³/mol. The summed E-state index contributed by atoms with van der Waals surface area (Å²) in [5.74, 6) is 0.0792. The molecular weight excluding hydrogens is 298 g/mol. The Morgan fingerprint density at radius 3 is 2.52 bits per heavy atom. The van der Waals surface area contributed by atoms with Gasteiger partial charge in [-0.05, 0) is 42.5 Å². The van der Waals surface area contributed by atoms with E-state index in [0.717, 1.165) is 5.69 Å². The van der Waals surface area contributed by atoms with Crippen molar-refractivity contribution in [2.75, 3.05) is 5.32 Å². The number of rotatable bonds is 5. The van der Waals surface area contributed by atoms with Gasteiger partial charge >= 0.3 is 6.61 Å². The Bertz CT molecular complexity index is 654. The first-order valence-corrected chi connectivity index (χ1v) is 6.43. The van der Waals surface area contributed by atoms with Crippen LogP contribution in [0.1, 0.15) is 11.1 Å². The van der Waals surface area contributed by atoms with Crippen LogP contribution in [-0.2, 0) is 6.54 Å². The number of nitriles is 1. The van der Waals surface area contributed by atoms with Crippen LogP contribution in [0.2, 0.25) is 5.02 Å². The molecule has 0 bridgehead atoms. The van der Waals surface area contributed by atoms with E-state index in [1.165, 1.54) is 12.1 Å². The van der Waals surface area contributed by atoms with Crippen LogP contribution in [0.5, 0.6) is 5.75 Å². The van der Waals surface area contributed by atoms with Gasteiger partial charge in [0.05, 0.1) is 11.6 Å². The molecular formula is C15H11ClF2N2O. The topological polar surface area (TPSA) is 45.0 Å². The molecule has 0 fully saturated rings. The van der Waals surface area contributed by atoms with Gasteiger partial charge in [-0.2, -0.15) is 14.0 Å². The van der Waals surface area contributed by atoms with Crippen LogP contribution in [-0.4, -0.2) is 6.61 Å². The fourth-order valence-corrected chi connectivity index (χ4v) is 1.95. The van der Waals surface area contributed by atoms with E-state index in [4.69, 9.17) is 16.9 Å². The third-order valence-corrected chi connectivity index (χ3v) is 2.97. The van der Waals surface area contributed by atoms with Crippen molar-refractivity contribution in [3.8, 4) is 11.8 Å². The van der Waals surface area contributed by atoms with E-state index in [1.807, 2.05) is 6.07 Å². The van der Waals surface area contributed by atoms with Crippen molar-refractivity contribution in [1.29, 1.82) is 5.26 Å². The fraction of sp³-hybridized carbons (Fsp3) is 0.133. The van der Waals surface area contributed by atoms with Gasteiger partial charge in [0, 0.05) is 22.8 Å². The maximum absolute atomic E-state index is 12.3. The van der Waals surface area contributed by atoms with Crippen LogP contribution in [0.15, 0.2) is 42.5 Å². The molecule has 0 atom stereocenters. The summed E-state index contributed by atoms with van der Waals surface area (Å²) in [6.07, 6.45) is 0. The molecule has 3 nitrogen and oxygen atoms in total. The molecule has 0 aliphatic carbocycles. The molecule has 0 aliphatic heterocycles. The van der Waals surface area contributed by atoms with Crippen molar-refractivity contribution < 1.29 is 13.5 Å². The average molecular weight is 309 g/mol. The average Bonchev–Trinajstić information content (AvgIpc) is 2.47. The summed E-state index contributed by atoms with van der Waals surface area (Å²) in [4.78, 5) is 0. The van der Waals surface area contributed by atoms with E-state index in [2.05, 4.69) is 10.1 Å². The summed E-state index contributed by atoms with van der Waals surface area (Å²) >= 11 is 5.87. The van der Waals surface area contributed by atoms with Crippen molar-refractivity contribution in [3.05, 3.63) is 58.6 Å². The van der Waals surface area contributed by atoms with E-state index in [9.17, 15) is 8.78 Å². The highest BCUT2D eigenvalue weighted by Crippen LogP contribution is 2.25. The molecule has 0 saturated heterocycles. The van der Waals surface area contributed by atoms with Crippen LogP contribution in [0.4, 0.5) is 14.5 Å². The van der Waals surface area contributed by atoms with Gasteiger partial charge in [0.2, 0.25) is 0 Å². The highest BCUT2D eigenvalue weighted by molar-refractivity contribution is 6.30. The largest absolute Gasteiger partial charge is 0.434 e. The number of benzene rings is 2. The van der Waals surface area contributed by atoms with E-state index in [-0.39, 0.29) is 12.3 Å². The number of hydrogen-bond acceptors (Lipinski definition) is 3. The van der Waals surface area contributed by atoms with Crippen LogP contribution < -0.4 is 10.1 Å². The minimum absolute atomic E-state index is 0.0792. The summed E-state index contributed by atoms with van der Waals surface area (Å²) < 4.78 is 29.1. The Hall–Kier alpha value is -2.32. The quantitative estimate of drug-likeness (QED) is 0.889. The Morgan fingerprint density at radius 2 is 1.90 bits per heavy atom. The predicted octanol–water partition coefficient (Wildman–Crippen LogP) is 4.43. The first-order valence-electron chi connectivity index (χ1n) is 6.06. The molecule has 21 heavy (non-hydrogen) atoms. The van der Waals surface area contributed by atoms with E-state index in [0.29, 0.717) is 16.1 Å². The van der Waals surface area contributed by atoms with Gasteiger partial charge in [-0.1, -0.05) is 11.6 Å². The van der Waals surface area contributed by atoms with Crippen LogP contribution in [0.3, 0.4) is 0 Å². The second-order valence-electron chi connectivity index (χ2n) is 4.17. The maximum atomic E-state index is 12.3. The fourth-order valence-electron chi connectivity index (χ4n) is 1.76. The van der Waals surface area contributed by atoms with Crippen molar-refractivity contribution in [3.63, 3.8) is 0 Å². The molecule has 1 N–H and O–H groups in total. The molecule has 108 valence electrons. The van der Waals surface area contributed by atoms with Gasteiger partial charge in [0.1, 0.15) is 5.75 Å². The van der Waals surface area contributed by atoms with Crippen LogP contribution in [0.25, 0.3) is 0 Å². The molecule has 0 aliphatic rings. The summed E-state index contributed by atoms with van der Waals surface area (Å²) in [6, 6.07) is 13.3. The summed E-state index contributed by atoms with van der Waals surface area (Å²) in [5.41, 5.74) is 1.83. The Labute approximate surface area is 125 Å². The highest BCUT2D eigenvalue weighted by Gasteiger charge is 2.10. The minimum Gasteiger partial charge on any atom is -0.434 e. The lowest BCUT2D eigenvalue weighted by molar-refractivity contribution is -0.0504. The van der Waals surface area contributed by atoms with Crippen molar-refractivity contribution in [1.82, 2.24) is 0 Å². The molecule has 2 aromatic carbocycles. The van der Waals surface area contributed by atoms with Gasteiger partial charge < -0.3 is 10.1 Å². The third-order valence-electron chi connectivity index (χ3n) is 2.74. The van der Waals surface area contributed by atoms with Crippen molar-refractivity contribution in [2.45, 2.75) is 13.2 Å². The lowest BCUT2D eigenvalue weighted by Gasteiger charge is -2.12. The lowest BCUT2D eigenvalue weighted by Crippen LogP contribution is -2.07. The van der Waals surface area contributed by atoms with E-state index >= 15 is 0 Å². The molecule has 0 heterocycles. The second kappa shape index (κ2) is 6.91. The molecule has 0 amide bonds. The number of nitrogens with zero attached hydrogens (tertiary/aromatic N) is 1. The smallest absolute Gasteiger partial charge is 0.387 e. The van der Waals surface area contributed by atoms with Crippen LogP contribution >= 0.6 is 11.6 Å². The molecule has 6 heteroatoms. The third kappa shape index (κ3) is 4.33. The number of nitrogens with one attached hydrogen (secondary N) is 1. The molecule has 2 rings (SSSR count). The maximum Gasteiger partial charge on any atom is 0.387 e. The standard InChI is InChI=1S/C15H11ClF2N2O/c16-12-3-6-14(21-15(17)18)11(7-12)9-20-13-4-1-10(8-19)2-5-13/h1-7,15,20H,9H2. The molecule has 0 radical (unpaired) electrons. The number of anilines is 1. The Balaban J connectivity index is 2.11. The van der Waals surface area contributed by atoms with E-state index < -0.39 is 6.61 Å². The molecule has 0 unspecified atom stereocenters. The zero-order valence-corrected chi connectivity index (χ0v) is 11.6. The van der Waals surface area contributed by atoms with Gasteiger partial charge in [-0.3, -0.25) is 0 Å². The summed E-state index contributed by atoms with van der Waals surface area (Å²) in [7, 11) is 0. The lowest BCUT2D eigenvalue weighted by atomic mass is 10.2. The molecule has 2 aromatic rings. The molecule has 0 spiro atoms. The zero-order chi connectivity index (χ0) is 15.2. The number of halogens is 3. The van der Waals surface area contributed by atoms with Gasteiger partial charge in [0.25, 0.3) is 0 Å². The number of ether oxygens (including phenoxy) is 1. The zero-order valence-electron chi connectivity index (χ0n) is 10.8.